The fourth-order valence-corrected chi connectivity index (χ4v) is 4.21. The van der Waals surface area contributed by atoms with E-state index in [2.05, 4.69) is 0 Å². The molecule has 0 radical (unpaired) electrons. The topological polar surface area (TPSA) is 169 Å². The Morgan fingerprint density at radius 3 is 2.23 bits per heavy atom. The van der Waals surface area contributed by atoms with E-state index in [1.807, 2.05) is 0 Å². The Bertz CT molecular complexity index is 1540. The highest BCUT2D eigenvalue weighted by molar-refractivity contribution is 5.91. The molecule has 2 unspecified atom stereocenters. The highest BCUT2D eigenvalue weighted by Gasteiger charge is 2.41. The molecular weight excluding hydrogens is 524 g/mol. The van der Waals surface area contributed by atoms with Gasteiger partial charge in [-0.15, -0.1) is 0 Å². The minimum absolute atomic E-state index is 0.0675. The van der Waals surface area contributed by atoms with Crippen molar-refractivity contribution in [2.24, 2.45) is 0 Å². The quantitative estimate of drug-likeness (QED) is 0.210. The molecule has 4 rings (SSSR count). The van der Waals surface area contributed by atoms with E-state index in [0.29, 0.717) is 28.0 Å². The van der Waals surface area contributed by atoms with Crippen molar-refractivity contribution in [2.75, 3.05) is 14.2 Å². The van der Waals surface area contributed by atoms with Crippen molar-refractivity contribution in [3.8, 4) is 28.7 Å². The number of rotatable bonds is 10. The lowest BCUT2D eigenvalue weighted by molar-refractivity contribution is -0.140. The van der Waals surface area contributed by atoms with Gasteiger partial charge in [-0.25, -0.2) is 9.59 Å². The molecule has 11 heteroatoms. The Morgan fingerprint density at radius 1 is 0.850 bits per heavy atom. The minimum Gasteiger partial charge on any atom is -0.504 e. The van der Waals surface area contributed by atoms with Crippen LogP contribution in [0, 0.1) is 0 Å². The van der Waals surface area contributed by atoms with Crippen LogP contribution in [0.2, 0.25) is 0 Å². The van der Waals surface area contributed by atoms with Crippen molar-refractivity contribution < 1.29 is 53.8 Å². The second-order valence-corrected chi connectivity index (χ2v) is 8.58. The zero-order valence-electron chi connectivity index (χ0n) is 21.2. The van der Waals surface area contributed by atoms with E-state index in [1.165, 1.54) is 68.8 Å². The molecular formula is C29H24O11. The van der Waals surface area contributed by atoms with Crippen molar-refractivity contribution in [1.29, 1.82) is 0 Å². The third-order valence-electron chi connectivity index (χ3n) is 6.06. The largest absolute Gasteiger partial charge is 0.504 e. The van der Waals surface area contributed by atoms with Gasteiger partial charge < -0.3 is 39.4 Å². The van der Waals surface area contributed by atoms with Crippen molar-refractivity contribution >= 4 is 30.1 Å². The molecule has 40 heavy (non-hydrogen) atoms. The van der Waals surface area contributed by atoms with E-state index in [4.69, 9.17) is 24.1 Å². The lowest BCUT2D eigenvalue weighted by atomic mass is 9.90. The highest BCUT2D eigenvalue weighted by Crippen LogP contribution is 2.48. The number of phenolic OH excluding ortho intramolecular Hbond substituents is 1. The summed E-state index contributed by atoms with van der Waals surface area (Å²) in [4.78, 5) is 35.1. The summed E-state index contributed by atoms with van der Waals surface area (Å²) < 4.78 is 22.0. The van der Waals surface area contributed by atoms with Crippen LogP contribution < -0.4 is 18.9 Å². The van der Waals surface area contributed by atoms with E-state index in [9.17, 15) is 29.7 Å². The third kappa shape index (κ3) is 5.83. The number of aromatic hydroxyl groups is 1. The van der Waals surface area contributed by atoms with Gasteiger partial charge >= 0.3 is 17.9 Å². The molecule has 0 amide bonds. The molecule has 0 saturated carbocycles. The molecule has 4 N–H and O–H groups in total. The summed E-state index contributed by atoms with van der Waals surface area (Å²) in [6, 6.07) is 13.5. The number of carbonyl (C=O) groups is 3. The summed E-state index contributed by atoms with van der Waals surface area (Å²) in [5.74, 6) is -4.68. The molecule has 11 nitrogen and oxygen atoms in total. The van der Waals surface area contributed by atoms with Crippen LogP contribution in [0.25, 0.3) is 12.2 Å². The van der Waals surface area contributed by atoms with Crippen LogP contribution in [0.4, 0.5) is 0 Å². The molecule has 1 aliphatic rings. The number of fused-ring (bicyclic) bond motifs is 1. The Labute approximate surface area is 227 Å². The van der Waals surface area contributed by atoms with Crippen LogP contribution in [0.3, 0.4) is 0 Å². The normalized spacial score (nSPS) is 16.2. The Balaban J connectivity index is 1.66. The molecule has 1 aliphatic heterocycles. The van der Waals surface area contributed by atoms with E-state index >= 15 is 0 Å². The van der Waals surface area contributed by atoms with Gasteiger partial charge in [-0.3, -0.25) is 4.79 Å². The molecule has 0 fully saturated rings. The molecule has 0 saturated heterocycles. The van der Waals surface area contributed by atoms with Crippen LogP contribution in [0.1, 0.15) is 34.3 Å². The fraction of sp³-hybridized carbons (Fsp3) is 0.138. The Kier molecular flexibility index (Phi) is 7.94. The average Bonchev–Trinajstić information content (AvgIpc) is 3.31. The smallest absolute Gasteiger partial charge is 0.371 e. The van der Waals surface area contributed by atoms with Crippen LogP contribution in [0.15, 0.2) is 66.4 Å². The van der Waals surface area contributed by atoms with E-state index in [-0.39, 0.29) is 23.0 Å². The van der Waals surface area contributed by atoms with Gasteiger partial charge in [0, 0.05) is 11.6 Å². The zero-order valence-corrected chi connectivity index (χ0v) is 21.2. The summed E-state index contributed by atoms with van der Waals surface area (Å²) in [5.41, 5.74) is 1.63. The molecule has 3 aromatic carbocycles. The molecule has 0 aromatic heterocycles. The molecule has 0 bridgehead atoms. The number of carboxylic acids is 3. The van der Waals surface area contributed by atoms with Gasteiger partial charge in [-0.1, -0.05) is 18.2 Å². The number of aliphatic carboxylic acids is 3. The summed E-state index contributed by atoms with van der Waals surface area (Å²) in [6.07, 6.45) is 2.60. The number of hydrogen-bond donors (Lipinski definition) is 4. The minimum atomic E-state index is -1.39. The number of phenols is 1. The van der Waals surface area contributed by atoms with Crippen LogP contribution in [-0.2, 0) is 14.4 Å². The molecule has 1 heterocycles. The predicted molar refractivity (Wildman–Crippen MR) is 141 cm³/mol. The molecule has 0 aliphatic carbocycles. The first-order chi connectivity index (χ1) is 19.1. The van der Waals surface area contributed by atoms with Crippen LogP contribution in [-0.4, -0.2) is 52.6 Å². The van der Waals surface area contributed by atoms with E-state index < -0.39 is 35.7 Å². The third-order valence-corrected chi connectivity index (χ3v) is 6.06. The number of methoxy groups -OCH3 is 2. The van der Waals surface area contributed by atoms with Gasteiger partial charge in [-0.2, -0.15) is 0 Å². The first kappa shape index (κ1) is 27.6. The first-order valence-electron chi connectivity index (χ1n) is 11.7. The summed E-state index contributed by atoms with van der Waals surface area (Å²) in [5, 5.41) is 38.5. The van der Waals surface area contributed by atoms with E-state index in [1.54, 1.807) is 12.1 Å². The van der Waals surface area contributed by atoms with Gasteiger partial charge in [0.05, 0.1) is 14.2 Å². The van der Waals surface area contributed by atoms with Gasteiger partial charge in [0.1, 0.15) is 17.8 Å². The summed E-state index contributed by atoms with van der Waals surface area (Å²) >= 11 is 0. The van der Waals surface area contributed by atoms with Crippen LogP contribution in [0.5, 0.6) is 28.7 Å². The SMILES string of the molecule is COc1cc(C2Oc3ccc(/C=C(\Oc4ccc(/C=C/C(=O)O)cc4OC)C(=O)O)cc3C2C(=O)O)ccc1O. The van der Waals surface area contributed by atoms with Gasteiger partial charge in [-0.05, 0) is 65.2 Å². The monoisotopic (exact) mass is 548 g/mol. The predicted octanol–water partition coefficient (Wildman–Crippen LogP) is 4.31. The lowest BCUT2D eigenvalue weighted by Gasteiger charge is -2.17. The molecule has 3 aromatic rings. The van der Waals surface area contributed by atoms with E-state index in [0.717, 1.165) is 6.08 Å². The summed E-state index contributed by atoms with van der Waals surface area (Å²) in [7, 11) is 2.72. The van der Waals surface area contributed by atoms with Crippen molar-refractivity contribution in [3.05, 3.63) is 88.7 Å². The van der Waals surface area contributed by atoms with Crippen molar-refractivity contribution in [3.63, 3.8) is 0 Å². The maximum atomic E-state index is 12.3. The highest BCUT2D eigenvalue weighted by atomic mass is 16.5. The van der Waals surface area contributed by atoms with Crippen LogP contribution >= 0.6 is 0 Å². The number of hydrogen-bond acceptors (Lipinski definition) is 8. The number of benzene rings is 3. The standard InChI is InChI=1S/C29H24O11/c1-37-22-14-17(6-7-19(22)30)27-26(29(35)36)18-11-16(4-8-20(18)40-27)13-24(28(33)34)39-21-9-3-15(5-10-25(31)32)12-23(21)38-2/h3-14,26-27,30H,1-2H3,(H,31,32)(H,33,34)(H,35,36)/b10-5+,24-13-. The molecule has 0 spiro atoms. The molecule has 2 atom stereocenters. The number of ether oxygens (including phenoxy) is 4. The van der Waals surface area contributed by atoms with Gasteiger partial charge in [0.25, 0.3) is 0 Å². The summed E-state index contributed by atoms with van der Waals surface area (Å²) in [6.45, 7) is 0. The second-order valence-electron chi connectivity index (χ2n) is 8.58. The van der Waals surface area contributed by atoms with Gasteiger partial charge in [0.15, 0.2) is 23.0 Å². The second kappa shape index (κ2) is 11.5. The maximum absolute atomic E-state index is 12.3. The lowest BCUT2D eigenvalue weighted by Crippen LogP contribution is -2.18. The number of carboxylic acid groups (broad SMARTS) is 3. The zero-order chi connectivity index (χ0) is 29.0. The molecule has 206 valence electrons. The first-order valence-corrected chi connectivity index (χ1v) is 11.7. The Hall–Kier alpha value is -5.45. The average molecular weight is 549 g/mol. The Morgan fingerprint density at radius 2 is 1.57 bits per heavy atom. The fourth-order valence-electron chi connectivity index (χ4n) is 4.21. The maximum Gasteiger partial charge on any atom is 0.371 e. The van der Waals surface area contributed by atoms with Gasteiger partial charge in [0.2, 0.25) is 5.76 Å². The van der Waals surface area contributed by atoms with Crippen molar-refractivity contribution in [2.45, 2.75) is 12.0 Å². The van der Waals surface area contributed by atoms with Crippen molar-refractivity contribution in [1.82, 2.24) is 0 Å².